The largest absolute Gasteiger partial charge is 0.467 e. The van der Waals surface area contributed by atoms with Crippen molar-refractivity contribution in [2.45, 2.75) is 39.7 Å². The fourth-order valence-corrected chi connectivity index (χ4v) is 3.35. The molecule has 0 aromatic heterocycles. The van der Waals surface area contributed by atoms with Crippen LogP contribution >= 0.6 is 0 Å². The number of esters is 1. The molecule has 8 heteroatoms. The Labute approximate surface area is 172 Å². The summed E-state index contributed by atoms with van der Waals surface area (Å²) in [6, 6.07) is 6.42. The molecule has 160 valence electrons. The first-order valence-electron chi connectivity index (χ1n) is 10.1. The molecule has 0 saturated carbocycles. The van der Waals surface area contributed by atoms with Gasteiger partial charge in [-0.2, -0.15) is 0 Å². The number of nitrogens with zero attached hydrogens (tertiary/aromatic N) is 2. The molecule has 3 amide bonds. The number of hydrogen-bond donors (Lipinski definition) is 2. The minimum atomic E-state index is -0.679. The number of carbonyl (C=O) groups is 3. The fraction of sp³-hybridized carbons (Fsp3) is 0.571. The van der Waals surface area contributed by atoms with Crippen LogP contribution < -0.4 is 15.5 Å². The lowest BCUT2D eigenvalue weighted by atomic mass is 10.0. The predicted octanol–water partition coefficient (Wildman–Crippen LogP) is 2.45. The minimum absolute atomic E-state index is 0.193. The number of carbonyl (C=O) groups excluding carboxylic acids is 3. The van der Waals surface area contributed by atoms with Crippen molar-refractivity contribution in [1.29, 1.82) is 0 Å². The monoisotopic (exact) mass is 404 g/mol. The summed E-state index contributed by atoms with van der Waals surface area (Å²) in [4.78, 5) is 40.0. The van der Waals surface area contributed by atoms with E-state index in [4.69, 9.17) is 4.74 Å². The van der Waals surface area contributed by atoms with Crippen LogP contribution in [-0.2, 0) is 14.3 Å². The second-order valence-corrected chi connectivity index (χ2v) is 7.57. The van der Waals surface area contributed by atoms with Gasteiger partial charge in [0, 0.05) is 44.0 Å². The summed E-state index contributed by atoms with van der Waals surface area (Å²) >= 11 is 0. The van der Waals surface area contributed by atoms with Crippen molar-refractivity contribution in [1.82, 2.24) is 10.2 Å². The Hall–Kier alpha value is -2.77. The molecule has 0 radical (unpaired) electrons. The second-order valence-electron chi connectivity index (χ2n) is 7.57. The molecule has 8 nitrogen and oxygen atoms in total. The first kappa shape index (κ1) is 22.5. The molecule has 0 unspecified atom stereocenters. The van der Waals surface area contributed by atoms with Gasteiger partial charge in [-0.25, -0.2) is 9.59 Å². The Morgan fingerprint density at radius 1 is 1.07 bits per heavy atom. The van der Waals surface area contributed by atoms with E-state index in [1.807, 2.05) is 49.9 Å². The Kier molecular flexibility index (Phi) is 8.30. The van der Waals surface area contributed by atoms with Crippen molar-refractivity contribution in [3.05, 3.63) is 24.3 Å². The van der Waals surface area contributed by atoms with Crippen molar-refractivity contribution < 1.29 is 19.1 Å². The third-order valence-corrected chi connectivity index (χ3v) is 4.92. The Morgan fingerprint density at radius 2 is 1.69 bits per heavy atom. The molecule has 0 bridgehead atoms. The third-order valence-electron chi connectivity index (χ3n) is 4.92. The summed E-state index contributed by atoms with van der Waals surface area (Å²) in [5.74, 6) is -0.0189. The highest BCUT2D eigenvalue weighted by molar-refractivity contribution is 5.92. The molecular weight excluding hydrogens is 372 g/mol. The number of hydrogen-bond acceptors (Lipinski definition) is 5. The first-order valence-corrected chi connectivity index (χ1v) is 10.1. The van der Waals surface area contributed by atoms with Crippen LogP contribution in [0, 0.1) is 5.92 Å². The van der Waals surface area contributed by atoms with Gasteiger partial charge in [0.25, 0.3) is 0 Å². The average Bonchev–Trinajstić information content (AvgIpc) is 2.72. The molecule has 1 saturated heterocycles. The van der Waals surface area contributed by atoms with Gasteiger partial charge >= 0.3 is 12.0 Å². The predicted molar refractivity (Wildman–Crippen MR) is 113 cm³/mol. The maximum absolute atomic E-state index is 12.3. The number of benzene rings is 1. The number of urea groups is 1. The summed E-state index contributed by atoms with van der Waals surface area (Å²) in [7, 11) is 1.31. The third kappa shape index (κ3) is 6.66. The van der Waals surface area contributed by atoms with Gasteiger partial charge in [0.05, 0.1) is 7.11 Å². The first-order chi connectivity index (χ1) is 13.8. The van der Waals surface area contributed by atoms with E-state index in [-0.39, 0.29) is 11.8 Å². The lowest BCUT2D eigenvalue weighted by Gasteiger charge is -2.36. The van der Waals surface area contributed by atoms with E-state index in [9.17, 15) is 14.4 Å². The highest BCUT2D eigenvalue weighted by atomic mass is 16.5. The van der Waals surface area contributed by atoms with Crippen LogP contribution in [0.15, 0.2) is 24.3 Å². The van der Waals surface area contributed by atoms with Gasteiger partial charge in [0.1, 0.15) is 6.04 Å². The molecule has 1 atom stereocenters. The quantitative estimate of drug-likeness (QED) is 0.681. The van der Waals surface area contributed by atoms with E-state index < -0.39 is 18.0 Å². The SMILES string of the molecule is CCC(=O)N1CCN(c2ccc(NC(=O)N[C@@H](CC(C)C)C(=O)OC)cc2)CC1. The van der Waals surface area contributed by atoms with E-state index >= 15 is 0 Å². The Bertz CT molecular complexity index is 697. The van der Waals surface area contributed by atoms with Crippen LogP contribution in [0.2, 0.25) is 0 Å². The highest BCUT2D eigenvalue weighted by Crippen LogP contribution is 2.20. The van der Waals surface area contributed by atoms with E-state index in [2.05, 4.69) is 15.5 Å². The smallest absolute Gasteiger partial charge is 0.328 e. The number of amides is 3. The number of methoxy groups -OCH3 is 1. The molecule has 2 rings (SSSR count). The summed E-state index contributed by atoms with van der Waals surface area (Å²) in [6.45, 7) is 8.86. The van der Waals surface area contributed by atoms with Crippen LogP contribution in [0.3, 0.4) is 0 Å². The Balaban J connectivity index is 1.89. The van der Waals surface area contributed by atoms with Crippen LogP contribution in [0.25, 0.3) is 0 Å². The fourth-order valence-electron chi connectivity index (χ4n) is 3.35. The van der Waals surface area contributed by atoms with Gasteiger partial charge < -0.3 is 25.2 Å². The topological polar surface area (TPSA) is 91.0 Å². The standard InChI is InChI=1S/C21H32N4O4/c1-5-19(26)25-12-10-24(11-13-25)17-8-6-16(7-9-17)22-21(28)23-18(14-15(2)3)20(27)29-4/h6-9,15,18H,5,10-14H2,1-4H3,(H2,22,23,28)/t18-/m0/s1. The highest BCUT2D eigenvalue weighted by Gasteiger charge is 2.23. The zero-order valence-electron chi connectivity index (χ0n) is 17.7. The number of ether oxygens (including phenoxy) is 1. The maximum Gasteiger partial charge on any atom is 0.328 e. The lowest BCUT2D eigenvalue weighted by Crippen LogP contribution is -2.48. The maximum atomic E-state index is 12.3. The van der Waals surface area contributed by atoms with E-state index in [0.29, 0.717) is 18.5 Å². The van der Waals surface area contributed by atoms with Crippen molar-refractivity contribution in [2.24, 2.45) is 5.92 Å². The van der Waals surface area contributed by atoms with Gasteiger partial charge in [0.2, 0.25) is 5.91 Å². The lowest BCUT2D eigenvalue weighted by molar-refractivity contribution is -0.143. The number of rotatable bonds is 7. The molecule has 1 aromatic carbocycles. The summed E-state index contributed by atoms with van der Waals surface area (Å²) < 4.78 is 4.77. The summed E-state index contributed by atoms with van der Waals surface area (Å²) in [5.41, 5.74) is 1.69. The van der Waals surface area contributed by atoms with Crippen LogP contribution in [0.1, 0.15) is 33.6 Å². The van der Waals surface area contributed by atoms with Gasteiger partial charge in [0.15, 0.2) is 0 Å². The Morgan fingerprint density at radius 3 is 2.21 bits per heavy atom. The number of piperazine rings is 1. The summed E-state index contributed by atoms with van der Waals surface area (Å²) in [6.07, 6.45) is 1.04. The second kappa shape index (κ2) is 10.7. The molecule has 2 N–H and O–H groups in total. The van der Waals surface area contributed by atoms with Crippen molar-refractivity contribution >= 4 is 29.3 Å². The van der Waals surface area contributed by atoms with Crippen molar-refractivity contribution in [3.63, 3.8) is 0 Å². The molecule has 1 aliphatic heterocycles. The normalized spacial score (nSPS) is 15.1. The van der Waals surface area contributed by atoms with Gasteiger partial charge in [-0.3, -0.25) is 4.79 Å². The van der Waals surface area contributed by atoms with E-state index in [1.165, 1.54) is 7.11 Å². The zero-order chi connectivity index (χ0) is 21.4. The molecular formula is C21H32N4O4. The molecule has 1 aromatic rings. The van der Waals surface area contributed by atoms with Gasteiger partial charge in [-0.1, -0.05) is 20.8 Å². The minimum Gasteiger partial charge on any atom is -0.467 e. The van der Waals surface area contributed by atoms with Crippen molar-refractivity contribution in [3.8, 4) is 0 Å². The van der Waals surface area contributed by atoms with Crippen molar-refractivity contribution in [2.75, 3.05) is 43.5 Å². The van der Waals surface area contributed by atoms with Gasteiger partial charge in [-0.05, 0) is 36.6 Å². The van der Waals surface area contributed by atoms with Gasteiger partial charge in [-0.15, -0.1) is 0 Å². The van der Waals surface area contributed by atoms with E-state index in [0.717, 1.165) is 31.9 Å². The summed E-state index contributed by atoms with van der Waals surface area (Å²) in [5, 5.41) is 5.43. The van der Waals surface area contributed by atoms with Crippen LogP contribution in [0.5, 0.6) is 0 Å². The molecule has 0 spiro atoms. The molecule has 1 heterocycles. The number of nitrogens with one attached hydrogen (secondary N) is 2. The molecule has 29 heavy (non-hydrogen) atoms. The van der Waals surface area contributed by atoms with Crippen LogP contribution in [0.4, 0.5) is 16.2 Å². The molecule has 1 fully saturated rings. The number of anilines is 2. The molecule has 0 aliphatic carbocycles. The average molecular weight is 405 g/mol. The molecule has 1 aliphatic rings. The zero-order valence-corrected chi connectivity index (χ0v) is 17.7. The van der Waals surface area contributed by atoms with Crippen LogP contribution in [-0.4, -0.2) is 62.1 Å². The van der Waals surface area contributed by atoms with E-state index in [1.54, 1.807) is 0 Å².